The van der Waals surface area contributed by atoms with Crippen molar-refractivity contribution in [3.63, 3.8) is 0 Å². The molecule has 1 aromatic carbocycles. The van der Waals surface area contributed by atoms with Crippen LogP contribution in [0, 0.1) is 0 Å². The summed E-state index contributed by atoms with van der Waals surface area (Å²) in [6, 6.07) is 2.37. The quantitative estimate of drug-likeness (QED) is 0.489. The van der Waals surface area contributed by atoms with Gasteiger partial charge < -0.3 is 18.6 Å². The maximum Gasteiger partial charge on any atom is 0.507 e. The second-order valence-corrected chi connectivity index (χ2v) is 7.21. The first kappa shape index (κ1) is 18.0. The number of thioether (sulfide) groups is 1. The van der Waals surface area contributed by atoms with Crippen molar-refractivity contribution in [1.82, 2.24) is 19.1 Å². The van der Waals surface area contributed by atoms with E-state index in [2.05, 4.69) is 19.4 Å². The smallest absolute Gasteiger partial charge is 0.421 e. The summed E-state index contributed by atoms with van der Waals surface area (Å²) in [5.74, 6) is 0.322. The van der Waals surface area contributed by atoms with Gasteiger partial charge >= 0.3 is 12.2 Å². The molecular formula is C16H14F4N4O2S. The molecule has 1 aliphatic heterocycles. The fraction of sp³-hybridized carbons (Fsp3) is 0.375. The van der Waals surface area contributed by atoms with Crippen LogP contribution in [0.15, 0.2) is 23.5 Å². The van der Waals surface area contributed by atoms with Crippen molar-refractivity contribution in [2.24, 2.45) is 14.1 Å². The molecule has 3 aromatic rings. The van der Waals surface area contributed by atoms with Crippen molar-refractivity contribution in [2.75, 3.05) is 5.75 Å². The second kappa shape index (κ2) is 5.78. The summed E-state index contributed by atoms with van der Waals surface area (Å²) in [6.45, 7) is 2.00. The van der Waals surface area contributed by atoms with Gasteiger partial charge in [0.05, 0.1) is 17.4 Å². The minimum Gasteiger partial charge on any atom is -0.421 e. The van der Waals surface area contributed by atoms with Crippen LogP contribution >= 0.6 is 11.8 Å². The van der Waals surface area contributed by atoms with Crippen LogP contribution < -0.4 is 9.47 Å². The maximum absolute atomic E-state index is 13.4. The molecule has 0 saturated heterocycles. The number of nitrogens with zero attached hydrogens (tertiary/aromatic N) is 4. The summed E-state index contributed by atoms with van der Waals surface area (Å²) in [5, 5.41) is 0.881. The van der Waals surface area contributed by atoms with E-state index in [1.807, 2.05) is 18.5 Å². The molecule has 11 heteroatoms. The molecule has 0 unspecified atom stereocenters. The number of aromatic nitrogens is 4. The fourth-order valence-electron chi connectivity index (χ4n) is 2.85. The molecule has 3 heterocycles. The van der Waals surface area contributed by atoms with Crippen molar-refractivity contribution < 1.29 is 27.0 Å². The van der Waals surface area contributed by atoms with E-state index in [0.717, 1.165) is 16.8 Å². The molecule has 0 spiro atoms. The molecule has 0 atom stereocenters. The molecule has 0 aliphatic carbocycles. The van der Waals surface area contributed by atoms with Crippen LogP contribution in [0.5, 0.6) is 11.5 Å². The van der Waals surface area contributed by atoms with Crippen molar-refractivity contribution in [1.29, 1.82) is 0 Å². The molecule has 6 nitrogen and oxygen atoms in total. The molecule has 2 aromatic heterocycles. The number of imidazole rings is 2. The Labute approximate surface area is 155 Å². The highest BCUT2D eigenvalue weighted by molar-refractivity contribution is 7.99. The van der Waals surface area contributed by atoms with Gasteiger partial charge in [-0.15, -0.1) is 11.8 Å². The normalized spacial score (nSPS) is 17.4. The Balaban J connectivity index is 1.87. The van der Waals surface area contributed by atoms with Gasteiger partial charge in [0.1, 0.15) is 10.7 Å². The number of rotatable bonds is 3. The van der Waals surface area contributed by atoms with E-state index >= 15 is 0 Å². The molecule has 0 N–H and O–H groups in total. The molecule has 27 heavy (non-hydrogen) atoms. The van der Waals surface area contributed by atoms with Gasteiger partial charge in [0.25, 0.3) is 0 Å². The first-order chi connectivity index (χ1) is 12.6. The number of hydrogen-bond acceptors (Lipinski definition) is 5. The van der Waals surface area contributed by atoms with Gasteiger partial charge in [-0.25, -0.2) is 9.97 Å². The number of fused-ring (bicyclic) bond motifs is 2. The number of aryl methyl sites for hydroxylation is 2. The van der Waals surface area contributed by atoms with Gasteiger partial charge in [-0.3, -0.25) is 0 Å². The zero-order valence-corrected chi connectivity index (χ0v) is 15.3. The third kappa shape index (κ3) is 2.63. The predicted octanol–water partition coefficient (Wildman–Crippen LogP) is 4.04. The van der Waals surface area contributed by atoms with Crippen molar-refractivity contribution in [3.05, 3.63) is 18.5 Å². The number of benzene rings is 1. The lowest BCUT2D eigenvalue weighted by Gasteiger charge is -2.31. The van der Waals surface area contributed by atoms with Crippen molar-refractivity contribution in [3.8, 4) is 23.0 Å². The Kier molecular flexibility index (Phi) is 3.85. The number of alkyl halides is 4. The molecule has 4 rings (SSSR count). The molecule has 0 amide bonds. The monoisotopic (exact) mass is 402 g/mol. The first-order valence-corrected chi connectivity index (χ1v) is 8.92. The molecule has 0 bridgehead atoms. The van der Waals surface area contributed by atoms with Crippen LogP contribution in [0.3, 0.4) is 0 Å². The minimum absolute atomic E-state index is 0.300. The number of ether oxygens (including phenoxy) is 2. The molecule has 1 aliphatic rings. The summed E-state index contributed by atoms with van der Waals surface area (Å²) in [5.41, 5.74) is 1.33. The second-order valence-electron chi connectivity index (χ2n) is 5.96. The van der Waals surface area contributed by atoms with Crippen molar-refractivity contribution in [2.45, 2.75) is 24.2 Å². The standard InChI is InChI=1S/C16H14F4N4O2S/c1-4-27-14-12(21-7-23(14)2)13-22-8-5-10-11(6-9(8)24(13)3)26-16(19,20)15(17,18)25-10/h5-7H,4H2,1-3H3. The summed E-state index contributed by atoms with van der Waals surface area (Å²) < 4.78 is 65.6. The summed E-state index contributed by atoms with van der Waals surface area (Å²) >= 11 is 1.57. The highest BCUT2D eigenvalue weighted by Crippen LogP contribution is 2.48. The lowest BCUT2D eigenvalue weighted by Crippen LogP contribution is -2.52. The van der Waals surface area contributed by atoms with E-state index in [1.165, 1.54) is 6.07 Å². The highest BCUT2D eigenvalue weighted by atomic mass is 32.2. The predicted molar refractivity (Wildman–Crippen MR) is 90.5 cm³/mol. The maximum atomic E-state index is 13.4. The third-order valence-electron chi connectivity index (χ3n) is 4.14. The number of halogens is 4. The van der Waals surface area contributed by atoms with E-state index in [-0.39, 0.29) is 0 Å². The summed E-state index contributed by atoms with van der Waals surface area (Å²) in [7, 11) is 3.53. The van der Waals surface area contributed by atoms with Crippen LogP contribution in [-0.2, 0) is 14.1 Å². The molecule has 0 fully saturated rings. The SMILES string of the molecule is CCSc1c(-c2nc3cc4c(cc3n2C)OC(F)(F)C(F)(F)O4)ncn1C. The molecule has 144 valence electrons. The largest absolute Gasteiger partial charge is 0.507 e. The third-order valence-corrected chi connectivity index (χ3v) is 5.18. The Bertz CT molecular complexity index is 1050. The van der Waals surface area contributed by atoms with Gasteiger partial charge in [-0.2, -0.15) is 17.6 Å². The average Bonchev–Trinajstić information content (AvgIpc) is 3.08. The van der Waals surface area contributed by atoms with E-state index < -0.39 is 23.7 Å². The van der Waals surface area contributed by atoms with E-state index in [1.54, 1.807) is 29.7 Å². The topological polar surface area (TPSA) is 54.1 Å². The average molecular weight is 402 g/mol. The number of hydrogen-bond donors (Lipinski definition) is 0. The Morgan fingerprint density at radius 1 is 1.07 bits per heavy atom. The molecule has 0 saturated carbocycles. The summed E-state index contributed by atoms with van der Waals surface area (Å²) in [6.07, 6.45) is -7.89. The van der Waals surface area contributed by atoms with E-state index in [0.29, 0.717) is 22.6 Å². The molecule has 0 radical (unpaired) electrons. The Hall–Kier alpha value is -2.43. The molecular weight excluding hydrogens is 388 g/mol. The summed E-state index contributed by atoms with van der Waals surface area (Å²) in [4.78, 5) is 8.80. The lowest BCUT2D eigenvalue weighted by atomic mass is 10.2. The van der Waals surface area contributed by atoms with Crippen LogP contribution in [0.2, 0.25) is 0 Å². The van der Waals surface area contributed by atoms with Gasteiger partial charge in [0.15, 0.2) is 17.3 Å². The fourth-order valence-corrected chi connectivity index (χ4v) is 3.65. The van der Waals surface area contributed by atoms with Crippen LogP contribution in [0.25, 0.3) is 22.6 Å². The highest BCUT2D eigenvalue weighted by Gasteiger charge is 2.66. The van der Waals surface area contributed by atoms with Gasteiger partial charge in [0.2, 0.25) is 0 Å². The lowest BCUT2D eigenvalue weighted by molar-refractivity contribution is -0.391. The van der Waals surface area contributed by atoms with E-state index in [4.69, 9.17) is 0 Å². The van der Waals surface area contributed by atoms with Gasteiger partial charge in [-0.05, 0) is 5.75 Å². The Morgan fingerprint density at radius 2 is 1.70 bits per heavy atom. The van der Waals surface area contributed by atoms with E-state index in [9.17, 15) is 17.6 Å². The van der Waals surface area contributed by atoms with Crippen LogP contribution in [0.1, 0.15) is 6.92 Å². The zero-order valence-electron chi connectivity index (χ0n) is 14.5. The van der Waals surface area contributed by atoms with Gasteiger partial charge in [-0.1, -0.05) is 6.92 Å². The van der Waals surface area contributed by atoms with Crippen LogP contribution in [0.4, 0.5) is 17.6 Å². The van der Waals surface area contributed by atoms with Crippen molar-refractivity contribution >= 4 is 22.8 Å². The first-order valence-electron chi connectivity index (χ1n) is 7.93. The van der Waals surface area contributed by atoms with Gasteiger partial charge in [0, 0.05) is 26.2 Å². The zero-order chi connectivity index (χ0) is 19.6. The Morgan fingerprint density at radius 3 is 2.33 bits per heavy atom. The van der Waals surface area contributed by atoms with Crippen LogP contribution in [-0.4, -0.2) is 37.1 Å². The minimum atomic E-state index is -4.77.